The van der Waals surface area contributed by atoms with E-state index in [1.165, 1.54) is 12.1 Å². The lowest BCUT2D eigenvalue weighted by Gasteiger charge is -2.43. The molecule has 0 saturated carbocycles. The summed E-state index contributed by atoms with van der Waals surface area (Å²) in [6, 6.07) is 6.29. The van der Waals surface area contributed by atoms with Gasteiger partial charge in [-0.3, -0.25) is 4.79 Å². The minimum absolute atomic E-state index is 0.00938. The monoisotopic (exact) mass is 443 g/mol. The second kappa shape index (κ2) is 9.57. The topological polar surface area (TPSA) is 63.5 Å². The van der Waals surface area contributed by atoms with Crippen molar-refractivity contribution in [3.8, 4) is 5.75 Å². The molecule has 1 atom stereocenters. The standard InChI is InChI=1S/C24H34FN5O2/c1-4-11-29-17-26-27-23(29)21-14-30(16-24(21)9-12-28(13-10-24)18(2)3)22(31)15-32-20-7-5-19(25)6-8-20/h5-8,17-18,21H,4,9-16H2,1-3H3. The summed E-state index contributed by atoms with van der Waals surface area (Å²) >= 11 is 0. The van der Waals surface area contributed by atoms with Gasteiger partial charge >= 0.3 is 0 Å². The average Bonchev–Trinajstić information content (AvgIpc) is 3.38. The van der Waals surface area contributed by atoms with E-state index in [4.69, 9.17) is 4.74 Å². The Morgan fingerprint density at radius 2 is 1.97 bits per heavy atom. The predicted molar refractivity (Wildman–Crippen MR) is 120 cm³/mol. The van der Waals surface area contributed by atoms with E-state index in [0.717, 1.165) is 44.7 Å². The van der Waals surface area contributed by atoms with E-state index in [-0.39, 0.29) is 29.7 Å². The van der Waals surface area contributed by atoms with Crippen molar-refractivity contribution in [3.05, 3.63) is 42.2 Å². The zero-order chi connectivity index (χ0) is 22.7. The van der Waals surface area contributed by atoms with Gasteiger partial charge in [0.15, 0.2) is 6.61 Å². The highest BCUT2D eigenvalue weighted by molar-refractivity contribution is 5.78. The van der Waals surface area contributed by atoms with Crippen molar-refractivity contribution in [1.82, 2.24) is 24.6 Å². The molecule has 3 heterocycles. The van der Waals surface area contributed by atoms with Crippen molar-refractivity contribution < 1.29 is 13.9 Å². The number of nitrogens with zero attached hydrogens (tertiary/aromatic N) is 5. The van der Waals surface area contributed by atoms with E-state index < -0.39 is 0 Å². The smallest absolute Gasteiger partial charge is 0.260 e. The number of benzene rings is 1. The van der Waals surface area contributed by atoms with Crippen molar-refractivity contribution in [2.24, 2.45) is 5.41 Å². The Morgan fingerprint density at radius 1 is 1.25 bits per heavy atom. The Morgan fingerprint density at radius 3 is 2.62 bits per heavy atom. The van der Waals surface area contributed by atoms with Gasteiger partial charge in [0.25, 0.3) is 5.91 Å². The number of rotatable bonds is 7. The van der Waals surface area contributed by atoms with Gasteiger partial charge in [0.05, 0.1) is 0 Å². The Kier molecular flexibility index (Phi) is 6.79. The van der Waals surface area contributed by atoms with Crippen molar-refractivity contribution in [3.63, 3.8) is 0 Å². The van der Waals surface area contributed by atoms with Crippen LogP contribution in [0.2, 0.25) is 0 Å². The molecule has 2 aliphatic rings. The highest BCUT2D eigenvalue weighted by atomic mass is 19.1. The first kappa shape index (κ1) is 22.7. The number of carbonyl (C=O) groups is 1. The highest BCUT2D eigenvalue weighted by Crippen LogP contribution is 2.49. The van der Waals surface area contributed by atoms with Crippen LogP contribution in [0.1, 0.15) is 51.8 Å². The first-order valence-corrected chi connectivity index (χ1v) is 11.7. The zero-order valence-corrected chi connectivity index (χ0v) is 19.3. The van der Waals surface area contributed by atoms with Crippen molar-refractivity contribution in [1.29, 1.82) is 0 Å². The van der Waals surface area contributed by atoms with Gasteiger partial charge in [0.2, 0.25) is 0 Å². The minimum Gasteiger partial charge on any atom is -0.484 e. The van der Waals surface area contributed by atoms with Gasteiger partial charge in [0.1, 0.15) is 23.7 Å². The molecule has 7 nitrogen and oxygen atoms in total. The van der Waals surface area contributed by atoms with Crippen LogP contribution in [0, 0.1) is 11.2 Å². The lowest BCUT2D eigenvalue weighted by atomic mass is 9.70. The first-order valence-electron chi connectivity index (χ1n) is 11.7. The molecule has 0 bridgehead atoms. The molecular formula is C24H34FN5O2. The Hall–Kier alpha value is -2.48. The van der Waals surface area contributed by atoms with Crippen LogP contribution in [0.5, 0.6) is 5.75 Å². The summed E-state index contributed by atoms with van der Waals surface area (Å²) in [5.74, 6) is 1.30. The van der Waals surface area contributed by atoms with Crippen molar-refractivity contribution >= 4 is 5.91 Å². The molecule has 4 rings (SSSR count). The van der Waals surface area contributed by atoms with Crippen LogP contribution in [0.3, 0.4) is 0 Å². The molecule has 32 heavy (non-hydrogen) atoms. The number of halogens is 1. The number of aryl methyl sites for hydroxylation is 1. The van der Waals surface area contributed by atoms with E-state index in [9.17, 15) is 9.18 Å². The lowest BCUT2D eigenvalue weighted by molar-refractivity contribution is -0.132. The summed E-state index contributed by atoms with van der Waals surface area (Å²) in [7, 11) is 0. The number of carbonyl (C=O) groups excluding carboxylic acids is 1. The lowest BCUT2D eigenvalue weighted by Crippen LogP contribution is -2.46. The van der Waals surface area contributed by atoms with Gasteiger partial charge in [-0.05, 0) is 70.5 Å². The quantitative estimate of drug-likeness (QED) is 0.657. The molecule has 1 amide bonds. The van der Waals surface area contributed by atoms with Crippen LogP contribution in [0.4, 0.5) is 4.39 Å². The third-order valence-electron chi connectivity index (χ3n) is 7.12. The van der Waals surface area contributed by atoms with Gasteiger partial charge in [-0.2, -0.15) is 0 Å². The van der Waals surface area contributed by atoms with Crippen molar-refractivity contribution in [2.75, 3.05) is 32.8 Å². The van der Waals surface area contributed by atoms with E-state index in [1.54, 1.807) is 12.1 Å². The van der Waals surface area contributed by atoms with E-state index in [1.807, 2.05) is 11.2 Å². The summed E-state index contributed by atoms with van der Waals surface area (Å²) in [6.45, 7) is 10.9. The Labute approximate surface area is 189 Å². The van der Waals surface area contributed by atoms with Crippen LogP contribution in [0.15, 0.2) is 30.6 Å². The maximum atomic E-state index is 13.1. The van der Waals surface area contributed by atoms with E-state index in [0.29, 0.717) is 24.9 Å². The number of amides is 1. The maximum Gasteiger partial charge on any atom is 0.260 e. The molecule has 2 saturated heterocycles. The molecule has 0 N–H and O–H groups in total. The molecule has 0 aliphatic carbocycles. The number of aromatic nitrogens is 3. The fraction of sp³-hybridized carbons (Fsp3) is 0.625. The normalized spacial score (nSPS) is 20.9. The second-order valence-electron chi connectivity index (χ2n) is 9.44. The molecule has 2 fully saturated rings. The highest BCUT2D eigenvalue weighted by Gasteiger charge is 2.51. The Balaban J connectivity index is 1.51. The van der Waals surface area contributed by atoms with Gasteiger partial charge in [-0.1, -0.05) is 6.92 Å². The van der Waals surface area contributed by atoms with Gasteiger partial charge in [0, 0.05) is 37.0 Å². The molecule has 1 aromatic carbocycles. The van der Waals surface area contributed by atoms with Crippen LogP contribution >= 0.6 is 0 Å². The summed E-state index contributed by atoms with van der Waals surface area (Å²) < 4.78 is 20.9. The zero-order valence-electron chi connectivity index (χ0n) is 19.3. The first-order chi connectivity index (χ1) is 15.4. The molecule has 2 aromatic rings. The van der Waals surface area contributed by atoms with Crippen LogP contribution < -0.4 is 4.74 Å². The van der Waals surface area contributed by atoms with Gasteiger partial charge in [-0.25, -0.2) is 4.39 Å². The third-order valence-corrected chi connectivity index (χ3v) is 7.12. The molecule has 0 radical (unpaired) electrons. The third kappa shape index (κ3) is 4.65. The van der Waals surface area contributed by atoms with Gasteiger partial charge in [-0.15, -0.1) is 10.2 Å². The fourth-order valence-corrected chi connectivity index (χ4v) is 5.22. The number of hydrogen-bond acceptors (Lipinski definition) is 5. The van der Waals surface area contributed by atoms with Crippen LogP contribution in [-0.4, -0.2) is 69.3 Å². The number of likely N-dealkylation sites (tertiary alicyclic amines) is 2. The van der Waals surface area contributed by atoms with E-state index in [2.05, 4.69) is 40.4 Å². The molecule has 1 unspecified atom stereocenters. The molecule has 8 heteroatoms. The molecule has 174 valence electrons. The van der Waals surface area contributed by atoms with E-state index >= 15 is 0 Å². The summed E-state index contributed by atoms with van der Waals surface area (Å²) in [5.41, 5.74) is 0.00938. The fourth-order valence-electron chi connectivity index (χ4n) is 5.22. The van der Waals surface area contributed by atoms with Crippen molar-refractivity contribution in [2.45, 2.75) is 58.5 Å². The van der Waals surface area contributed by atoms with Crippen LogP contribution in [-0.2, 0) is 11.3 Å². The SMILES string of the molecule is CCCn1cnnc1C1CN(C(=O)COc2ccc(F)cc2)CC12CCN(C(C)C)CC2. The summed E-state index contributed by atoms with van der Waals surface area (Å²) in [6.07, 6.45) is 4.91. The second-order valence-corrected chi connectivity index (χ2v) is 9.44. The number of hydrogen-bond donors (Lipinski definition) is 0. The molecule has 1 aromatic heterocycles. The molecular weight excluding hydrogens is 409 g/mol. The predicted octanol–water partition coefficient (Wildman–Crippen LogP) is 3.32. The largest absolute Gasteiger partial charge is 0.484 e. The molecule has 1 spiro atoms. The van der Waals surface area contributed by atoms with Gasteiger partial charge < -0.3 is 19.1 Å². The molecule has 2 aliphatic heterocycles. The summed E-state index contributed by atoms with van der Waals surface area (Å²) in [5, 5.41) is 8.71. The minimum atomic E-state index is -0.322. The maximum absolute atomic E-state index is 13.1. The van der Waals surface area contributed by atoms with Crippen LogP contribution in [0.25, 0.3) is 0 Å². The number of ether oxygens (including phenoxy) is 1. The summed E-state index contributed by atoms with van der Waals surface area (Å²) in [4.78, 5) is 17.5. The number of piperidine rings is 1. The average molecular weight is 444 g/mol. The Bertz CT molecular complexity index is 905.